The molecule has 0 saturated carbocycles. The van der Waals surface area contributed by atoms with Gasteiger partial charge in [0, 0.05) is 10.7 Å². The molecule has 3 N–H and O–H groups in total. The number of ether oxygens (including phenoxy) is 1. The number of hydrogen-bond donors (Lipinski definition) is 2. The normalized spacial score (nSPS) is 13.7. The Labute approximate surface area is 125 Å². The van der Waals surface area contributed by atoms with Gasteiger partial charge in [-0.2, -0.15) is 13.2 Å². The third-order valence-electron chi connectivity index (χ3n) is 2.33. The van der Waals surface area contributed by atoms with Gasteiger partial charge in [0.1, 0.15) is 11.6 Å². The Morgan fingerprint density at radius 1 is 1.33 bits per heavy atom. The smallest absolute Gasteiger partial charge is 0.412 e. The standard InChI is InChI=1S/C13H16ClF3N2O2/c1-12(2,3)21-11(20)19-7-4-5-9(14)8(6-7)10(18)13(15,16)17/h4-6,10H,18H2,1-3H3,(H,19,20). The van der Waals surface area contributed by atoms with E-state index in [9.17, 15) is 18.0 Å². The lowest BCUT2D eigenvalue weighted by Crippen LogP contribution is -2.29. The molecule has 0 radical (unpaired) electrons. The summed E-state index contributed by atoms with van der Waals surface area (Å²) in [6, 6.07) is 1.43. The Morgan fingerprint density at radius 2 is 1.90 bits per heavy atom. The van der Waals surface area contributed by atoms with Crippen LogP contribution in [0.2, 0.25) is 5.02 Å². The Bertz CT molecular complexity index is 527. The first-order valence-electron chi connectivity index (χ1n) is 6.02. The number of nitrogens with two attached hydrogens (primary N) is 1. The summed E-state index contributed by atoms with van der Waals surface area (Å²) in [6.07, 6.45) is -5.41. The van der Waals surface area contributed by atoms with Gasteiger partial charge in [0.15, 0.2) is 0 Å². The number of alkyl halides is 3. The summed E-state index contributed by atoms with van der Waals surface area (Å²) in [6.45, 7) is 5.00. The minimum atomic E-state index is -4.63. The molecule has 8 heteroatoms. The van der Waals surface area contributed by atoms with Gasteiger partial charge in [-0.05, 0) is 44.5 Å². The highest BCUT2D eigenvalue weighted by atomic mass is 35.5. The van der Waals surface area contributed by atoms with E-state index in [1.165, 1.54) is 12.1 Å². The SMILES string of the molecule is CC(C)(C)OC(=O)Nc1ccc(Cl)c(C(N)C(F)(F)F)c1. The van der Waals surface area contributed by atoms with Crippen molar-refractivity contribution in [2.75, 3.05) is 5.32 Å². The summed E-state index contributed by atoms with van der Waals surface area (Å²) < 4.78 is 42.9. The predicted octanol–water partition coefficient (Wildman–Crippen LogP) is 4.25. The zero-order valence-corrected chi connectivity index (χ0v) is 12.5. The highest BCUT2D eigenvalue weighted by Gasteiger charge is 2.39. The van der Waals surface area contributed by atoms with Crippen molar-refractivity contribution in [3.05, 3.63) is 28.8 Å². The average molecular weight is 325 g/mol. The summed E-state index contributed by atoms with van der Waals surface area (Å²) in [4.78, 5) is 11.6. The molecule has 21 heavy (non-hydrogen) atoms. The van der Waals surface area contributed by atoms with Gasteiger partial charge >= 0.3 is 12.3 Å². The van der Waals surface area contributed by atoms with Gasteiger partial charge in [-0.3, -0.25) is 5.32 Å². The zero-order valence-electron chi connectivity index (χ0n) is 11.7. The van der Waals surface area contributed by atoms with Crippen LogP contribution in [0.25, 0.3) is 0 Å². The molecule has 0 aliphatic rings. The van der Waals surface area contributed by atoms with E-state index in [4.69, 9.17) is 22.1 Å². The van der Waals surface area contributed by atoms with Crippen molar-refractivity contribution in [1.82, 2.24) is 0 Å². The molecule has 1 atom stereocenters. The van der Waals surface area contributed by atoms with Crippen LogP contribution in [-0.4, -0.2) is 17.9 Å². The topological polar surface area (TPSA) is 64.3 Å². The van der Waals surface area contributed by atoms with E-state index in [1.807, 2.05) is 0 Å². The van der Waals surface area contributed by atoms with Gasteiger partial charge < -0.3 is 10.5 Å². The maximum Gasteiger partial charge on any atom is 0.412 e. The molecular formula is C13H16ClF3N2O2. The molecule has 0 aliphatic heterocycles. The second-order valence-electron chi connectivity index (χ2n) is 5.38. The molecule has 118 valence electrons. The van der Waals surface area contributed by atoms with Gasteiger partial charge in [0.25, 0.3) is 0 Å². The number of nitrogens with one attached hydrogen (secondary N) is 1. The largest absolute Gasteiger partial charge is 0.444 e. The first kappa shape index (κ1) is 17.6. The van der Waals surface area contributed by atoms with E-state index in [1.54, 1.807) is 20.8 Å². The molecule has 0 heterocycles. The number of anilines is 1. The van der Waals surface area contributed by atoms with Crippen molar-refractivity contribution in [2.45, 2.75) is 38.6 Å². The van der Waals surface area contributed by atoms with Crippen molar-refractivity contribution < 1.29 is 22.7 Å². The molecule has 1 aromatic carbocycles. The lowest BCUT2D eigenvalue weighted by molar-refractivity contribution is -0.149. The number of rotatable bonds is 2. The number of carbonyl (C=O) groups is 1. The summed E-state index contributed by atoms with van der Waals surface area (Å²) in [5, 5.41) is 2.20. The number of benzene rings is 1. The predicted molar refractivity (Wildman–Crippen MR) is 74.3 cm³/mol. The van der Waals surface area contributed by atoms with Crippen LogP contribution in [0.15, 0.2) is 18.2 Å². The van der Waals surface area contributed by atoms with E-state index in [0.29, 0.717) is 0 Å². The Morgan fingerprint density at radius 3 is 2.38 bits per heavy atom. The Balaban J connectivity index is 2.95. The summed E-state index contributed by atoms with van der Waals surface area (Å²) in [7, 11) is 0. The fourth-order valence-corrected chi connectivity index (χ4v) is 1.69. The summed E-state index contributed by atoms with van der Waals surface area (Å²) in [5.41, 5.74) is 4.19. The fraction of sp³-hybridized carbons (Fsp3) is 0.462. The summed E-state index contributed by atoms with van der Waals surface area (Å²) >= 11 is 5.72. The first-order valence-corrected chi connectivity index (χ1v) is 6.39. The van der Waals surface area contributed by atoms with E-state index >= 15 is 0 Å². The maximum atomic E-state index is 12.6. The molecule has 4 nitrogen and oxygen atoms in total. The molecule has 1 amide bonds. The minimum absolute atomic E-state index is 0.114. The van der Waals surface area contributed by atoms with Crippen molar-refractivity contribution in [3.8, 4) is 0 Å². The molecule has 1 rings (SSSR count). The minimum Gasteiger partial charge on any atom is -0.444 e. The average Bonchev–Trinajstić information content (AvgIpc) is 2.27. The van der Waals surface area contributed by atoms with Crippen LogP contribution in [0.5, 0.6) is 0 Å². The highest BCUT2D eigenvalue weighted by Crippen LogP contribution is 2.35. The van der Waals surface area contributed by atoms with Crippen molar-refractivity contribution in [1.29, 1.82) is 0 Å². The number of hydrogen-bond acceptors (Lipinski definition) is 3. The maximum absolute atomic E-state index is 12.6. The van der Waals surface area contributed by atoms with Crippen molar-refractivity contribution in [2.24, 2.45) is 5.73 Å². The summed E-state index contributed by atoms with van der Waals surface area (Å²) in [5.74, 6) is 0. The molecular weight excluding hydrogens is 309 g/mol. The third kappa shape index (κ3) is 5.43. The fourth-order valence-electron chi connectivity index (χ4n) is 1.46. The molecule has 0 saturated heterocycles. The molecule has 0 spiro atoms. The molecule has 1 unspecified atom stereocenters. The van der Waals surface area contributed by atoms with Crippen molar-refractivity contribution >= 4 is 23.4 Å². The second kappa shape index (κ2) is 6.11. The lowest BCUT2D eigenvalue weighted by Gasteiger charge is -2.21. The van der Waals surface area contributed by atoms with Crippen LogP contribution < -0.4 is 11.1 Å². The quantitative estimate of drug-likeness (QED) is 0.854. The molecule has 0 fully saturated rings. The van der Waals surface area contributed by atoms with Crippen LogP contribution in [0.1, 0.15) is 32.4 Å². The second-order valence-corrected chi connectivity index (χ2v) is 5.79. The van der Waals surface area contributed by atoms with E-state index in [-0.39, 0.29) is 16.3 Å². The van der Waals surface area contributed by atoms with Crippen LogP contribution in [0.4, 0.5) is 23.7 Å². The lowest BCUT2D eigenvalue weighted by atomic mass is 10.1. The van der Waals surface area contributed by atoms with Crippen LogP contribution in [0.3, 0.4) is 0 Å². The van der Waals surface area contributed by atoms with E-state index in [0.717, 1.165) is 6.07 Å². The highest BCUT2D eigenvalue weighted by molar-refractivity contribution is 6.31. The number of amides is 1. The first-order chi connectivity index (χ1) is 9.40. The van der Waals surface area contributed by atoms with Crippen LogP contribution >= 0.6 is 11.6 Å². The van der Waals surface area contributed by atoms with Gasteiger partial charge in [-0.25, -0.2) is 4.79 Å². The molecule has 0 aromatic heterocycles. The van der Waals surface area contributed by atoms with E-state index < -0.39 is 23.9 Å². The van der Waals surface area contributed by atoms with Crippen molar-refractivity contribution in [3.63, 3.8) is 0 Å². The Kier molecular flexibility index (Phi) is 5.11. The number of halogens is 4. The van der Waals surface area contributed by atoms with Gasteiger partial charge in [-0.15, -0.1) is 0 Å². The van der Waals surface area contributed by atoms with Gasteiger partial charge in [-0.1, -0.05) is 11.6 Å². The molecule has 0 aliphatic carbocycles. The Hall–Kier alpha value is -1.47. The van der Waals surface area contributed by atoms with E-state index in [2.05, 4.69) is 5.32 Å². The van der Waals surface area contributed by atoms with Crippen LogP contribution in [-0.2, 0) is 4.74 Å². The number of carbonyl (C=O) groups excluding carboxylic acids is 1. The van der Waals surface area contributed by atoms with Crippen LogP contribution in [0, 0.1) is 0 Å². The molecule has 0 bridgehead atoms. The van der Waals surface area contributed by atoms with Gasteiger partial charge in [0.05, 0.1) is 0 Å². The van der Waals surface area contributed by atoms with Gasteiger partial charge in [0.2, 0.25) is 0 Å². The monoisotopic (exact) mass is 324 g/mol. The zero-order chi connectivity index (χ0) is 16.4. The third-order valence-corrected chi connectivity index (χ3v) is 2.67. The molecule has 1 aromatic rings.